The van der Waals surface area contributed by atoms with Crippen LogP contribution in [0.4, 0.5) is 27.6 Å². The summed E-state index contributed by atoms with van der Waals surface area (Å²) >= 11 is 0. The van der Waals surface area contributed by atoms with Gasteiger partial charge in [-0.2, -0.15) is 0 Å². The van der Waals surface area contributed by atoms with E-state index >= 15 is 0 Å². The summed E-state index contributed by atoms with van der Waals surface area (Å²) in [5, 5.41) is 2.84. The Bertz CT molecular complexity index is 943. The maximum Gasteiger partial charge on any atom is 0.194 e. The van der Waals surface area contributed by atoms with Crippen molar-refractivity contribution in [3.8, 4) is 0 Å². The van der Waals surface area contributed by atoms with Crippen LogP contribution < -0.4 is 5.32 Å². The molecule has 7 heteroatoms. The van der Waals surface area contributed by atoms with Crippen molar-refractivity contribution in [2.24, 2.45) is 0 Å². The number of hydrogen-bond acceptors (Lipinski definition) is 2. The molecule has 0 saturated carbocycles. The molecule has 2 aromatic carbocycles. The van der Waals surface area contributed by atoms with E-state index in [1.165, 1.54) is 17.0 Å². The zero-order valence-electron chi connectivity index (χ0n) is 16.8. The molecule has 2 rings (SSSR count). The summed E-state index contributed by atoms with van der Waals surface area (Å²) in [6.07, 6.45) is 5.01. The summed E-state index contributed by atoms with van der Waals surface area (Å²) in [6.45, 7) is 6.85. The molecule has 0 spiro atoms. The number of allylic oxidation sites excluding steroid dienone is 3. The fraction of sp³-hybridized carbons (Fsp3) is 0.217. The first kappa shape index (κ1) is 23.2. The Kier molecular flexibility index (Phi) is 8.21. The minimum Gasteiger partial charge on any atom is -0.365 e. The third-order valence-electron chi connectivity index (χ3n) is 4.31. The minimum absolute atomic E-state index is 0.0784. The van der Waals surface area contributed by atoms with E-state index in [0.29, 0.717) is 17.6 Å². The second-order valence-electron chi connectivity index (χ2n) is 6.67. The Hall–Kier alpha value is -3.09. The summed E-state index contributed by atoms with van der Waals surface area (Å²) in [7, 11) is 0. The van der Waals surface area contributed by atoms with Crippen LogP contribution in [0.1, 0.15) is 31.4 Å². The third kappa shape index (κ3) is 6.20. The Labute approximate surface area is 173 Å². The van der Waals surface area contributed by atoms with Crippen LogP contribution in [0.25, 0.3) is 6.08 Å². The van der Waals surface area contributed by atoms with E-state index in [-0.39, 0.29) is 24.5 Å². The number of hydrogen-bond donors (Lipinski definition) is 1. The molecule has 0 radical (unpaired) electrons. The summed E-state index contributed by atoms with van der Waals surface area (Å²) in [6, 6.07) is 6.02. The molecule has 0 fully saturated rings. The van der Waals surface area contributed by atoms with Gasteiger partial charge < -0.3 is 10.2 Å². The van der Waals surface area contributed by atoms with E-state index in [4.69, 9.17) is 0 Å². The molecular weight excluding hydrogens is 399 g/mol. The van der Waals surface area contributed by atoms with Gasteiger partial charge in [0, 0.05) is 12.7 Å². The SMILES string of the molecule is C=Cc1ccc(F)c(NCN(/C=C(F)\C(C)=C\CC)Cc2cc(F)c(F)c(F)c2)c1. The lowest BCUT2D eigenvalue weighted by molar-refractivity contribution is 0.376. The summed E-state index contributed by atoms with van der Waals surface area (Å²) in [4.78, 5) is 1.37. The predicted molar refractivity (Wildman–Crippen MR) is 110 cm³/mol. The molecule has 0 atom stereocenters. The van der Waals surface area contributed by atoms with Crippen molar-refractivity contribution in [3.63, 3.8) is 0 Å². The Balaban J connectivity index is 2.30. The average Bonchev–Trinajstić information content (AvgIpc) is 2.71. The first-order chi connectivity index (χ1) is 14.2. The van der Waals surface area contributed by atoms with Crippen LogP contribution in [0.2, 0.25) is 0 Å². The number of anilines is 1. The van der Waals surface area contributed by atoms with Gasteiger partial charge in [0.15, 0.2) is 17.5 Å². The highest BCUT2D eigenvalue weighted by Crippen LogP contribution is 2.20. The van der Waals surface area contributed by atoms with Crippen molar-refractivity contribution >= 4 is 11.8 Å². The average molecular weight is 422 g/mol. The van der Waals surface area contributed by atoms with E-state index in [2.05, 4.69) is 11.9 Å². The predicted octanol–water partition coefficient (Wildman–Crippen LogP) is 6.92. The van der Waals surface area contributed by atoms with E-state index in [0.717, 1.165) is 18.3 Å². The molecule has 160 valence electrons. The fourth-order valence-corrected chi connectivity index (χ4v) is 2.74. The first-order valence-corrected chi connectivity index (χ1v) is 9.33. The lowest BCUT2D eigenvalue weighted by atomic mass is 10.2. The van der Waals surface area contributed by atoms with Gasteiger partial charge in [-0.1, -0.05) is 31.7 Å². The van der Waals surface area contributed by atoms with E-state index in [9.17, 15) is 22.0 Å². The number of halogens is 5. The van der Waals surface area contributed by atoms with Gasteiger partial charge in [0.05, 0.1) is 12.4 Å². The topological polar surface area (TPSA) is 15.3 Å². The van der Waals surface area contributed by atoms with Crippen molar-refractivity contribution in [1.29, 1.82) is 0 Å². The van der Waals surface area contributed by atoms with Gasteiger partial charge in [0.25, 0.3) is 0 Å². The van der Waals surface area contributed by atoms with Gasteiger partial charge >= 0.3 is 0 Å². The second kappa shape index (κ2) is 10.6. The lowest BCUT2D eigenvalue weighted by Gasteiger charge is -2.23. The molecule has 30 heavy (non-hydrogen) atoms. The Morgan fingerprint density at radius 1 is 1.07 bits per heavy atom. The van der Waals surface area contributed by atoms with Crippen LogP contribution in [0.3, 0.4) is 0 Å². The van der Waals surface area contributed by atoms with E-state index in [1.807, 2.05) is 6.92 Å². The standard InChI is InChI=1S/C23H23F5N2/c1-4-6-15(3)21(27)13-30(12-17-9-19(25)23(28)20(26)10-17)14-29-22-11-16(5-2)7-8-18(22)24/h5-11,13,29H,2,4,12,14H2,1,3H3/b15-6+,21-13+. The van der Waals surface area contributed by atoms with E-state index < -0.39 is 29.1 Å². The second-order valence-corrected chi connectivity index (χ2v) is 6.67. The smallest absolute Gasteiger partial charge is 0.194 e. The van der Waals surface area contributed by atoms with Crippen molar-refractivity contribution < 1.29 is 22.0 Å². The molecule has 0 aromatic heterocycles. The first-order valence-electron chi connectivity index (χ1n) is 9.33. The highest BCUT2D eigenvalue weighted by Gasteiger charge is 2.13. The molecule has 0 heterocycles. The molecule has 0 saturated heterocycles. The zero-order chi connectivity index (χ0) is 22.3. The molecular formula is C23H23F5N2. The van der Waals surface area contributed by atoms with Crippen molar-refractivity contribution in [1.82, 2.24) is 4.90 Å². The summed E-state index contributed by atoms with van der Waals surface area (Å²) < 4.78 is 68.9. The van der Waals surface area contributed by atoms with Gasteiger partial charge in [0.1, 0.15) is 11.6 Å². The number of nitrogens with zero attached hydrogens (tertiary/aromatic N) is 1. The lowest BCUT2D eigenvalue weighted by Crippen LogP contribution is -2.25. The van der Waals surface area contributed by atoms with Crippen LogP contribution >= 0.6 is 0 Å². The monoisotopic (exact) mass is 422 g/mol. The van der Waals surface area contributed by atoms with Gasteiger partial charge in [0.2, 0.25) is 0 Å². The number of nitrogens with one attached hydrogen (secondary N) is 1. The highest BCUT2D eigenvalue weighted by molar-refractivity contribution is 5.56. The molecule has 0 amide bonds. The van der Waals surface area contributed by atoms with Gasteiger partial charge in [-0.15, -0.1) is 0 Å². The Morgan fingerprint density at radius 3 is 2.33 bits per heavy atom. The van der Waals surface area contributed by atoms with Crippen LogP contribution in [0, 0.1) is 23.3 Å². The molecule has 2 nitrogen and oxygen atoms in total. The molecule has 0 bridgehead atoms. The van der Waals surface area contributed by atoms with Crippen LogP contribution in [-0.4, -0.2) is 11.6 Å². The van der Waals surface area contributed by atoms with Gasteiger partial charge in [-0.05, 0) is 54.3 Å². The number of rotatable bonds is 9. The molecule has 1 N–H and O–H groups in total. The van der Waals surface area contributed by atoms with Crippen molar-refractivity contribution in [2.45, 2.75) is 26.8 Å². The molecule has 0 aliphatic rings. The van der Waals surface area contributed by atoms with Crippen molar-refractivity contribution in [2.75, 3.05) is 12.0 Å². The number of benzene rings is 2. The summed E-state index contributed by atoms with van der Waals surface area (Å²) in [5.41, 5.74) is 1.31. The maximum absolute atomic E-state index is 14.5. The Morgan fingerprint density at radius 2 is 1.73 bits per heavy atom. The fourth-order valence-electron chi connectivity index (χ4n) is 2.74. The molecule has 0 aliphatic heterocycles. The quantitative estimate of drug-likeness (QED) is 0.204. The minimum atomic E-state index is -1.57. The van der Waals surface area contributed by atoms with Crippen LogP contribution in [-0.2, 0) is 6.54 Å². The van der Waals surface area contributed by atoms with Crippen LogP contribution in [0.15, 0.2) is 60.6 Å². The van der Waals surface area contributed by atoms with E-state index in [1.54, 1.807) is 25.1 Å². The zero-order valence-corrected chi connectivity index (χ0v) is 16.8. The highest BCUT2D eigenvalue weighted by atomic mass is 19.2. The largest absolute Gasteiger partial charge is 0.365 e. The molecule has 2 aromatic rings. The molecule has 0 unspecified atom stereocenters. The summed E-state index contributed by atoms with van der Waals surface area (Å²) in [5.74, 6) is -5.33. The maximum atomic E-state index is 14.5. The van der Waals surface area contributed by atoms with Crippen LogP contribution in [0.5, 0.6) is 0 Å². The molecule has 0 aliphatic carbocycles. The van der Waals surface area contributed by atoms with Crippen molar-refractivity contribution in [3.05, 3.63) is 95.0 Å². The third-order valence-corrected chi connectivity index (χ3v) is 4.31. The van der Waals surface area contributed by atoms with Gasteiger partial charge in [-0.25, -0.2) is 22.0 Å². The van der Waals surface area contributed by atoms with Gasteiger partial charge in [-0.3, -0.25) is 0 Å². The normalized spacial score (nSPS) is 12.1.